The zero-order chi connectivity index (χ0) is 15.9. The Balaban J connectivity index is 1.56. The second-order valence-corrected chi connectivity index (χ2v) is 7.12. The van der Waals surface area contributed by atoms with E-state index in [0.717, 1.165) is 53.8 Å². The molecular weight excluding hydrogens is 356 g/mol. The summed E-state index contributed by atoms with van der Waals surface area (Å²) < 4.78 is 6.52. The van der Waals surface area contributed by atoms with Gasteiger partial charge in [0.05, 0.1) is 12.0 Å². The van der Waals surface area contributed by atoms with Crippen molar-refractivity contribution in [3.63, 3.8) is 0 Å². The Morgan fingerprint density at radius 1 is 1.26 bits per heavy atom. The standard InChI is InChI=1S/C18H17BrN2O2/c19-14-9-13(10-20-11-14)18(5-6-18)17(22)21-15-3-4-16-12(8-15)2-1-7-23-16/h3-4,8-11H,1-2,5-7H2,(H,21,22). The molecule has 4 nitrogen and oxygen atoms in total. The minimum atomic E-state index is -0.427. The van der Waals surface area contributed by atoms with Crippen molar-refractivity contribution >= 4 is 27.5 Å². The number of aromatic nitrogens is 1. The lowest BCUT2D eigenvalue weighted by atomic mass is 9.96. The molecule has 0 unspecified atom stereocenters. The number of carbonyl (C=O) groups excluding carboxylic acids is 1. The first-order valence-corrected chi connectivity index (χ1v) is 8.65. The zero-order valence-corrected chi connectivity index (χ0v) is 14.2. The molecule has 1 aliphatic heterocycles. The summed E-state index contributed by atoms with van der Waals surface area (Å²) in [4.78, 5) is 17.0. The Kier molecular flexibility index (Phi) is 3.60. The number of ether oxygens (including phenoxy) is 1. The number of rotatable bonds is 3. The van der Waals surface area contributed by atoms with Crippen LogP contribution in [0.15, 0.2) is 41.1 Å². The monoisotopic (exact) mass is 372 g/mol. The average Bonchev–Trinajstić information content (AvgIpc) is 3.37. The summed E-state index contributed by atoms with van der Waals surface area (Å²) in [5.41, 5.74) is 2.56. The Bertz CT molecular complexity index is 771. The van der Waals surface area contributed by atoms with E-state index in [4.69, 9.17) is 4.74 Å². The second kappa shape index (κ2) is 5.64. The number of pyridine rings is 1. The number of amides is 1. The van der Waals surface area contributed by atoms with E-state index in [0.29, 0.717) is 0 Å². The molecule has 0 spiro atoms. The molecule has 1 aromatic carbocycles. The fourth-order valence-corrected chi connectivity index (χ4v) is 3.50. The van der Waals surface area contributed by atoms with Gasteiger partial charge in [-0.15, -0.1) is 0 Å². The molecule has 1 amide bonds. The van der Waals surface area contributed by atoms with E-state index >= 15 is 0 Å². The molecule has 2 aliphatic rings. The van der Waals surface area contributed by atoms with Gasteiger partial charge in [0, 0.05) is 22.6 Å². The van der Waals surface area contributed by atoms with Crippen LogP contribution in [0, 0.1) is 0 Å². The number of carbonyl (C=O) groups is 1. The average molecular weight is 373 g/mol. The molecule has 23 heavy (non-hydrogen) atoms. The minimum absolute atomic E-state index is 0.0501. The van der Waals surface area contributed by atoms with Gasteiger partial charge >= 0.3 is 0 Å². The van der Waals surface area contributed by atoms with E-state index in [1.807, 2.05) is 24.3 Å². The van der Waals surface area contributed by atoms with Crippen molar-refractivity contribution in [1.29, 1.82) is 0 Å². The third kappa shape index (κ3) is 2.74. The van der Waals surface area contributed by atoms with Gasteiger partial charge in [0.25, 0.3) is 0 Å². The number of anilines is 1. The van der Waals surface area contributed by atoms with Gasteiger partial charge in [0.1, 0.15) is 5.75 Å². The summed E-state index contributed by atoms with van der Waals surface area (Å²) in [6.45, 7) is 0.775. The van der Waals surface area contributed by atoms with E-state index in [1.165, 1.54) is 5.56 Å². The fourth-order valence-electron chi connectivity index (χ4n) is 3.13. The van der Waals surface area contributed by atoms with Crippen molar-refractivity contribution in [3.8, 4) is 5.75 Å². The normalized spacial score (nSPS) is 17.8. The van der Waals surface area contributed by atoms with Crippen molar-refractivity contribution in [2.24, 2.45) is 0 Å². The number of fused-ring (bicyclic) bond motifs is 1. The zero-order valence-electron chi connectivity index (χ0n) is 12.6. The predicted molar refractivity (Wildman–Crippen MR) is 91.7 cm³/mol. The maximum absolute atomic E-state index is 12.8. The molecule has 1 fully saturated rings. The SMILES string of the molecule is O=C(Nc1ccc2c(c1)CCCO2)C1(c2cncc(Br)c2)CC1. The van der Waals surface area contributed by atoms with Gasteiger partial charge in [0.15, 0.2) is 0 Å². The summed E-state index contributed by atoms with van der Waals surface area (Å²) in [5.74, 6) is 0.987. The van der Waals surface area contributed by atoms with Gasteiger partial charge in [-0.3, -0.25) is 9.78 Å². The number of aryl methyl sites for hydroxylation is 1. The van der Waals surface area contributed by atoms with Crippen LogP contribution in [0.25, 0.3) is 0 Å². The number of nitrogens with one attached hydrogen (secondary N) is 1. The summed E-state index contributed by atoms with van der Waals surface area (Å²) in [6.07, 6.45) is 7.28. The summed E-state index contributed by atoms with van der Waals surface area (Å²) in [6, 6.07) is 7.88. The van der Waals surface area contributed by atoms with Gasteiger partial charge in [-0.1, -0.05) is 0 Å². The maximum atomic E-state index is 12.8. The highest BCUT2D eigenvalue weighted by atomic mass is 79.9. The van der Waals surface area contributed by atoms with E-state index in [2.05, 4.69) is 26.2 Å². The Hall–Kier alpha value is -1.88. The van der Waals surface area contributed by atoms with Crippen molar-refractivity contribution in [3.05, 3.63) is 52.3 Å². The first-order valence-electron chi connectivity index (χ1n) is 7.86. The maximum Gasteiger partial charge on any atom is 0.235 e. The molecule has 1 N–H and O–H groups in total. The fraction of sp³-hybridized carbons (Fsp3) is 0.333. The lowest BCUT2D eigenvalue weighted by Gasteiger charge is -2.19. The van der Waals surface area contributed by atoms with Crippen LogP contribution in [-0.2, 0) is 16.6 Å². The summed E-state index contributed by atoms with van der Waals surface area (Å²) in [7, 11) is 0. The van der Waals surface area contributed by atoms with Crippen LogP contribution in [-0.4, -0.2) is 17.5 Å². The van der Waals surface area contributed by atoms with Gasteiger partial charge in [-0.05, 0) is 77.0 Å². The first kappa shape index (κ1) is 14.7. The van der Waals surface area contributed by atoms with E-state index in [9.17, 15) is 4.79 Å². The van der Waals surface area contributed by atoms with Crippen molar-refractivity contribution in [1.82, 2.24) is 4.98 Å². The van der Waals surface area contributed by atoms with Crippen LogP contribution in [0.1, 0.15) is 30.4 Å². The smallest absolute Gasteiger partial charge is 0.235 e. The van der Waals surface area contributed by atoms with E-state index in [-0.39, 0.29) is 5.91 Å². The summed E-state index contributed by atoms with van der Waals surface area (Å²) >= 11 is 3.43. The number of benzene rings is 1. The number of hydrogen-bond donors (Lipinski definition) is 1. The third-order valence-corrected chi connectivity index (χ3v) is 5.04. The molecule has 2 heterocycles. The van der Waals surface area contributed by atoms with Gasteiger partial charge in [0.2, 0.25) is 5.91 Å². The van der Waals surface area contributed by atoms with Crippen LogP contribution in [0.4, 0.5) is 5.69 Å². The van der Waals surface area contributed by atoms with Crippen molar-refractivity contribution in [2.45, 2.75) is 31.1 Å². The topological polar surface area (TPSA) is 51.2 Å². The highest BCUT2D eigenvalue weighted by molar-refractivity contribution is 9.10. The second-order valence-electron chi connectivity index (χ2n) is 6.20. The molecule has 0 radical (unpaired) electrons. The number of hydrogen-bond acceptors (Lipinski definition) is 3. The van der Waals surface area contributed by atoms with Gasteiger partial charge in [-0.2, -0.15) is 0 Å². The van der Waals surface area contributed by atoms with Crippen molar-refractivity contribution < 1.29 is 9.53 Å². The molecule has 2 aromatic rings. The molecule has 118 valence electrons. The van der Waals surface area contributed by atoms with Gasteiger partial charge in [-0.25, -0.2) is 0 Å². The third-order valence-electron chi connectivity index (χ3n) is 4.61. The molecule has 5 heteroatoms. The van der Waals surface area contributed by atoms with Crippen molar-refractivity contribution in [2.75, 3.05) is 11.9 Å². The Labute approximate surface area is 143 Å². The van der Waals surface area contributed by atoms with Crippen LogP contribution in [0.3, 0.4) is 0 Å². The quantitative estimate of drug-likeness (QED) is 0.890. The minimum Gasteiger partial charge on any atom is -0.493 e. The first-order chi connectivity index (χ1) is 11.2. The molecule has 1 aromatic heterocycles. The van der Waals surface area contributed by atoms with Gasteiger partial charge < -0.3 is 10.1 Å². The molecule has 4 rings (SSSR count). The highest BCUT2D eigenvalue weighted by Gasteiger charge is 2.51. The van der Waals surface area contributed by atoms with E-state index in [1.54, 1.807) is 12.4 Å². The highest BCUT2D eigenvalue weighted by Crippen LogP contribution is 2.49. The van der Waals surface area contributed by atoms with E-state index < -0.39 is 5.41 Å². The lowest BCUT2D eigenvalue weighted by molar-refractivity contribution is -0.118. The lowest BCUT2D eigenvalue weighted by Crippen LogP contribution is -2.28. The Morgan fingerprint density at radius 2 is 2.13 bits per heavy atom. The molecule has 0 atom stereocenters. The Morgan fingerprint density at radius 3 is 2.91 bits per heavy atom. The van der Waals surface area contributed by atoms with Crippen LogP contribution < -0.4 is 10.1 Å². The molecule has 1 aliphatic carbocycles. The molecule has 0 saturated heterocycles. The van der Waals surface area contributed by atoms with Crippen LogP contribution in [0.2, 0.25) is 0 Å². The number of halogens is 1. The summed E-state index contributed by atoms with van der Waals surface area (Å²) in [5, 5.41) is 3.08. The largest absolute Gasteiger partial charge is 0.493 e. The number of nitrogens with zero attached hydrogens (tertiary/aromatic N) is 1. The molecule has 1 saturated carbocycles. The predicted octanol–water partition coefficient (Wildman–Crippen LogP) is 3.84. The van der Waals surface area contributed by atoms with Crippen LogP contribution >= 0.6 is 15.9 Å². The van der Waals surface area contributed by atoms with Crippen LogP contribution in [0.5, 0.6) is 5.75 Å². The molecular formula is C18H17BrN2O2. The molecule has 0 bridgehead atoms.